The van der Waals surface area contributed by atoms with Gasteiger partial charge in [0.1, 0.15) is 12.4 Å². The smallest absolute Gasteiger partial charge is 0.194 e. The van der Waals surface area contributed by atoms with Crippen molar-refractivity contribution in [3.8, 4) is 0 Å². The zero-order valence-electron chi connectivity index (χ0n) is 16.7. The van der Waals surface area contributed by atoms with Gasteiger partial charge in [0.05, 0.1) is 19.0 Å². The molecule has 1 saturated heterocycles. The van der Waals surface area contributed by atoms with Gasteiger partial charge >= 0.3 is 0 Å². The second-order valence-corrected chi connectivity index (χ2v) is 7.07. The molecule has 9 nitrogen and oxygen atoms in total. The van der Waals surface area contributed by atoms with E-state index in [9.17, 15) is 0 Å². The van der Waals surface area contributed by atoms with Crippen LogP contribution in [-0.4, -0.2) is 68.5 Å². The SMILES string of the molecule is COCCNC(=NCc1nnc(C)n1C)N1CCC(C)C(n2ccnc2)C1. The number of likely N-dealkylation sites (tertiary alicyclic amines) is 1. The van der Waals surface area contributed by atoms with Gasteiger partial charge in [0.15, 0.2) is 11.8 Å². The molecule has 27 heavy (non-hydrogen) atoms. The lowest BCUT2D eigenvalue weighted by Gasteiger charge is -2.39. The van der Waals surface area contributed by atoms with Crippen molar-refractivity contribution in [1.29, 1.82) is 0 Å². The van der Waals surface area contributed by atoms with Gasteiger partial charge in [-0.15, -0.1) is 10.2 Å². The predicted molar refractivity (Wildman–Crippen MR) is 103 cm³/mol. The summed E-state index contributed by atoms with van der Waals surface area (Å²) in [5, 5.41) is 11.8. The number of hydrogen-bond donors (Lipinski definition) is 1. The predicted octanol–water partition coefficient (Wildman–Crippen LogP) is 0.995. The summed E-state index contributed by atoms with van der Waals surface area (Å²) in [4.78, 5) is 11.4. The monoisotopic (exact) mass is 374 g/mol. The van der Waals surface area contributed by atoms with Crippen LogP contribution in [0.25, 0.3) is 0 Å². The summed E-state index contributed by atoms with van der Waals surface area (Å²) in [5.74, 6) is 3.23. The van der Waals surface area contributed by atoms with Crippen molar-refractivity contribution < 1.29 is 4.74 Å². The molecule has 1 N–H and O–H groups in total. The van der Waals surface area contributed by atoms with Crippen molar-refractivity contribution in [1.82, 2.24) is 34.5 Å². The molecule has 0 spiro atoms. The second kappa shape index (κ2) is 8.98. The van der Waals surface area contributed by atoms with Gasteiger partial charge in [-0.3, -0.25) is 0 Å². The molecule has 2 atom stereocenters. The van der Waals surface area contributed by atoms with Crippen molar-refractivity contribution in [2.24, 2.45) is 18.0 Å². The highest BCUT2D eigenvalue weighted by Gasteiger charge is 2.29. The van der Waals surface area contributed by atoms with E-state index in [1.165, 1.54) is 0 Å². The molecule has 9 heteroatoms. The highest BCUT2D eigenvalue weighted by Crippen LogP contribution is 2.27. The molecule has 2 aromatic heterocycles. The van der Waals surface area contributed by atoms with Gasteiger partial charge in [0, 0.05) is 46.2 Å². The van der Waals surface area contributed by atoms with E-state index in [4.69, 9.17) is 9.73 Å². The van der Waals surface area contributed by atoms with Gasteiger partial charge in [0.2, 0.25) is 0 Å². The Bertz CT molecular complexity index is 739. The summed E-state index contributed by atoms with van der Waals surface area (Å²) in [6.07, 6.45) is 6.90. The first-order chi connectivity index (χ1) is 13.1. The molecular weight excluding hydrogens is 344 g/mol. The number of nitrogens with zero attached hydrogens (tertiary/aromatic N) is 7. The van der Waals surface area contributed by atoms with Gasteiger partial charge in [-0.25, -0.2) is 9.98 Å². The Morgan fingerprint density at radius 2 is 2.26 bits per heavy atom. The highest BCUT2D eigenvalue weighted by atomic mass is 16.5. The van der Waals surface area contributed by atoms with Crippen molar-refractivity contribution in [3.63, 3.8) is 0 Å². The fourth-order valence-corrected chi connectivity index (χ4v) is 3.36. The lowest BCUT2D eigenvalue weighted by Crippen LogP contribution is -2.49. The van der Waals surface area contributed by atoms with E-state index >= 15 is 0 Å². The molecule has 0 aromatic carbocycles. The Morgan fingerprint density at radius 3 is 2.93 bits per heavy atom. The molecule has 1 aliphatic heterocycles. The maximum absolute atomic E-state index is 5.19. The summed E-state index contributed by atoms with van der Waals surface area (Å²) >= 11 is 0. The molecule has 0 saturated carbocycles. The zero-order chi connectivity index (χ0) is 19.2. The molecule has 2 unspecified atom stereocenters. The largest absolute Gasteiger partial charge is 0.383 e. The number of guanidine groups is 1. The Kier molecular flexibility index (Phi) is 6.44. The third-order valence-electron chi connectivity index (χ3n) is 5.27. The molecule has 0 bridgehead atoms. The lowest BCUT2D eigenvalue weighted by molar-refractivity contribution is 0.182. The maximum atomic E-state index is 5.19. The summed E-state index contributed by atoms with van der Waals surface area (Å²) in [6, 6.07) is 0.382. The van der Waals surface area contributed by atoms with E-state index in [-0.39, 0.29) is 0 Å². The number of piperidine rings is 1. The Labute approximate surface area is 160 Å². The normalized spacial score (nSPS) is 20.9. The molecule has 0 aliphatic carbocycles. The minimum absolute atomic E-state index is 0.382. The first-order valence-corrected chi connectivity index (χ1v) is 9.44. The third-order valence-corrected chi connectivity index (χ3v) is 5.27. The van der Waals surface area contributed by atoms with Crippen molar-refractivity contribution in [2.75, 3.05) is 33.4 Å². The number of methoxy groups -OCH3 is 1. The van der Waals surface area contributed by atoms with Crippen LogP contribution in [0.4, 0.5) is 0 Å². The quantitative estimate of drug-likeness (QED) is 0.461. The van der Waals surface area contributed by atoms with E-state index in [1.54, 1.807) is 7.11 Å². The summed E-state index contributed by atoms with van der Waals surface area (Å²) in [6.45, 7) is 7.97. The van der Waals surface area contributed by atoms with E-state index in [0.29, 0.717) is 25.1 Å². The van der Waals surface area contributed by atoms with Crippen molar-refractivity contribution in [2.45, 2.75) is 32.9 Å². The van der Waals surface area contributed by atoms with Crippen LogP contribution in [0.3, 0.4) is 0 Å². The molecule has 3 rings (SSSR count). The van der Waals surface area contributed by atoms with E-state index in [2.05, 4.69) is 36.9 Å². The minimum Gasteiger partial charge on any atom is -0.383 e. The fourth-order valence-electron chi connectivity index (χ4n) is 3.36. The highest BCUT2D eigenvalue weighted by molar-refractivity contribution is 5.80. The average Bonchev–Trinajstić information content (AvgIpc) is 3.30. The van der Waals surface area contributed by atoms with Gasteiger partial charge in [0.25, 0.3) is 0 Å². The molecule has 0 radical (unpaired) electrons. The van der Waals surface area contributed by atoms with E-state index < -0.39 is 0 Å². The molecule has 3 heterocycles. The molecule has 0 amide bonds. The molecule has 2 aromatic rings. The number of aryl methyl sites for hydroxylation is 1. The van der Waals surface area contributed by atoms with Crippen LogP contribution in [0.2, 0.25) is 0 Å². The average molecular weight is 374 g/mol. The molecule has 1 aliphatic rings. The number of aliphatic imine (C=N–C) groups is 1. The summed E-state index contributed by atoms with van der Waals surface area (Å²) in [5.41, 5.74) is 0. The van der Waals surface area contributed by atoms with Crippen LogP contribution in [0, 0.1) is 12.8 Å². The van der Waals surface area contributed by atoms with Gasteiger partial charge in [-0.2, -0.15) is 0 Å². The Hall–Kier alpha value is -2.42. The fraction of sp³-hybridized carbons (Fsp3) is 0.667. The van der Waals surface area contributed by atoms with Crippen LogP contribution in [0.15, 0.2) is 23.7 Å². The number of imidazole rings is 1. The van der Waals surface area contributed by atoms with Crippen molar-refractivity contribution >= 4 is 5.96 Å². The molecule has 1 fully saturated rings. The number of nitrogens with one attached hydrogen (secondary N) is 1. The number of aromatic nitrogens is 5. The van der Waals surface area contributed by atoms with Crippen molar-refractivity contribution in [3.05, 3.63) is 30.4 Å². The van der Waals surface area contributed by atoms with Crippen LogP contribution in [0.1, 0.15) is 31.0 Å². The van der Waals surface area contributed by atoms with Crippen LogP contribution in [-0.2, 0) is 18.3 Å². The van der Waals surface area contributed by atoms with Gasteiger partial charge < -0.3 is 24.1 Å². The first kappa shape index (κ1) is 19.3. The Morgan fingerprint density at radius 1 is 1.41 bits per heavy atom. The molecule has 148 valence electrons. The molecular formula is C18H30N8O. The first-order valence-electron chi connectivity index (χ1n) is 9.44. The van der Waals surface area contributed by atoms with E-state index in [1.807, 2.05) is 37.3 Å². The second-order valence-electron chi connectivity index (χ2n) is 7.07. The number of ether oxygens (including phenoxy) is 1. The summed E-state index contributed by atoms with van der Waals surface area (Å²) in [7, 11) is 3.67. The van der Waals surface area contributed by atoms with Crippen LogP contribution >= 0.6 is 0 Å². The van der Waals surface area contributed by atoms with Crippen LogP contribution in [0.5, 0.6) is 0 Å². The topological polar surface area (TPSA) is 85.4 Å². The van der Waals surface area contributed by atoms with Gasteiger partial charge in [-0.1, -0.05) is 6.92 Å². The maximum Gasteiger partial charge on any atom is 0.194 e. The zero-order valence-corrected chi connectivity index (χ0v) is 16.7. The van der Waals surface area contributed by atoms with E-state index in [0.717, 1.165) is 43.7 Å². The Balaban J connectivity index is 1.75. The minimum atomic E-state index is 0.382. The lowest BCUT2D eigenvalue weighted by atomic mass is 9.93. The standard InChI is InChI=1S/C18H30N8O/c1-14-5-8-25(12-16(14)26-9-6-19-13-26)18(20-7-10-27-4)21-11-17-23-22-15(2)24(17)3/h6,9,13-14,16H,5,7-8,10-12H2,1-4H3,(H,20,21). The summed E-state index contributed by atoms with van der Waals surface area (Å²) < 4.78 is 9.37. The van der Waals surface area contributed by atoms with Crippen LogP contribution < -0.4 is 5.32 Å². The third kappa shape index (κ3) is 4.65. The number of hydrogen-bond acceptors (Lipinski definition) is 5. The van der Waals surface area contributed by atoms with Gasteiger partial charge in [-0.05, 0) is 19.3 Å². The number of rotatable bonds is 6.